The maximum atomic E-state index is 11.5. The van der Waals surface area contributed by atoms with E-state index >= 15 is 0 Å². The smallest absolute Gasteiger partial charge is 0.336 e. The van der Waals surface area contributed by atoms with Gasteiger partial charge in [0.05, 0.1) is 11.3 Å². The SMILES string of the molecule is O=C(O)c1ccccc1Sc1nc(-c2ccccc2)cc2nccn12. The van der Waals surface area contributed by atoms with Crippen LogP contribution in [0.25, 0.3) is 16.9 Å². The number of hydrogen-bond donors (Lipinski definition) is 1. The van der Waals surface area contributed by atoms with Crippen molar-refractivity contribution in [3.63, 3.8) is 0 Å². The van der Waals surface area contributed by atoms with Gasteiger partial charge in [0.2, 0.25) is 0 Å². The highest BCUT2D eigenvalue weighted by Gasteiger charge is 2.14. The number of fused-ring (bicyclic) bond motifs is 1. The van der Waals surface area contributed by atoms with Gasteiger partial charge < -0.3 is 5.11 Å². The summed E-state index contributed by atoms with van der Waals surface area (Å²) in [6.45, 7) is 0. The van der Waals surface area contributed by atoms with Crippen LogP contribution < -0.4 is 0 Å². The molecule has 2 heterocycles. The summed E-state index contributed by atoms with van der Waals surface area (Å²) in [5.74, 6) is -0.954. The third kappa shape index (κ3) is 2.99. The normalized spacial score (nSPS) is 10.9. The van der Waals surface area contributed by atoms with Gasteiger partial charge in [0.15, 0.2) is 5.16 Å². The Bertz CT molecular complexity index is 1060. The van der Waals surface area contributed by atoms with Crippen molar-refractivity contribution < 1.29 is 9.90 Å². The number of benzene rings is 2. The van der Waals surface area contributed by atoms with Gasteiger partial charge >= 0.3 is 5.97 Å². The first-order valence-corrected chi connectivity index (χ1v) is 8.44. The highest BCUT2D eigenvalue weighted by atomic mass is 32.2. The maximum Gasteiger partial charge on any atom is 0.336 e. The number of imidazole rings is 1. The molecule has 0 aliphatic rings. The highest BCUT2D eigenvalue weighted by molar-refractivity contribution is 7.99. The zero-order valence-corrected chi connectivity index (χ0v) is 13.9. The van der Waals surface area contributed by atoms with Gasteiger partial charge in [-0.3, -0.25) is 4.40 Å². The molecule has 0 spiro atoms. The fourth-order valence-corrected chi connectivity index (χ4v) is 3.56. The number of nitrogens with zero attached hydrogens (tertiary/aromatic N) is 3. The van der Waals surface area contributed by atoms with Gasteiger partial charge in [-0.15, -0.1) is 0 Å². The van der Waals surface area contributed by atoms with E-state index in [2.05, 4.69) is 4.98 Å². The summed E-state index contributed by atoms with van der Waals surface area (Å²) < 4.78 is 1.86. The van der Waals surface area contributed by atoms with Crippen LogP contribution in [0.1, 0.15) is 10.4 Å². The Morgan fingerprint density at radius 1 is 1.04 bits per heavy atom. The van der Waals surface area contributed by atoms with Gasteiger partial charge in [-0.05, 0) is 12.1 Å². The van der Waals surface area contributed by atoms with Crippen molar-refractivity contribution in [3.05, 3.63) is 78.6 Å². The topological polar surface area (TPSA) is 67.5 Å². The average molecular weight is 347 g/mol. The Labute approximate surface area is 148 Å². The van der Waals surface area contributed by atoms with Gasteiger partial charge in [0.1, 0.15) is 5.65 Å². The number of aromatic carboxylic acids is 1. The van der Waals surface area contributed by atoms with Crippen molar-refractivity contribution in [1.82, 2.24) is 14.4 Å². The molecule has 0 aliphatic carbocycles. The lowest BCUT2D eigenvalue weighted by Gasteiger charge is -2.09. The standard InChI is InChI=1S/C19H13N3O2S/c23-18(24)14-8-4-5-9-16(14)25-19-21-15(13-6-2-1-3-7-13)12-17-20-10-11-22(17)19/h1-12H,(H,23,24). The molecule has 0 unspecified atom stereocenters. The van der Waals surface area contributed by atoms with Crippen LogP contribution in [0.15, 0.2) is 83.1 Å². The minimum Gasteiger partial charge on any atom is -0.478 e. The number of aromatic nitrogens is 3. The van der Waals surface area contributed by atoms with Crippen molar-refractivity contribution in [2.75, 3.05) is 0 Å². The Morgan fingerprint density at radius 3 is 2.60 bits per heavy atom. The first kappa shape index (κ1) is 15.4. The summed E-state index contributed by atoms with van der Waals surface area (Å²) in [5.41, 5.74) is 2.81. The second-order valence-corrected chi connectivity index (χ2v) is 6.36. The molecular formula is C19H13N3O2S. The lowest BCUT2D eigenvalue weighted by Crippen LogP contribution is -2.00. The summed E-state index contributed by atoms with van der Waals surface area (Å²) in [6, 6.07) is 18.7. The van der Waals surface area contributed by atoms with E-state index in [0.717, 1.165) is 16.9 Å². The van der Waals surface area contributed by atoms with E-state index in [-0.39, 0.29) is 5.56 Å². The number of rotatable bonds is 4. The van der Waals surface area contributed by atoms with E-state index in [1.807, 2.05) is 53.1 Å². The molecule has 2 aromatic carbocycles. The minimum absolute atomic E-state index is 0.257. The molecule has 6 heteroatoms. The summed E-state index contributed by atoms with van der Waals surface area (Å²) in [6.07, 6.45) is 3.53. The molecule has 0 atom stereocenters. The Balaban J connectivity index is 1.85. The number of carboxylic acids is 1. The Morgan fingerprint density at radius 2 is 1.80 bits per heavy atom. The Hall–Kier alpha value is -3.12. The van der Waals surface area contributed by atoms with Gasteiger partial charge in [0, 0.05) is 28.9 Å². The van der Waals surface area contributed by atoms with Gasteiger partial charge in [-0.25, -0.2) is 14.8 Å². The predicted molar refractivity (Wildman–Crippen MR) is 95.9 cm³/mol. The first-order chi connectivity index (χ1) is 12.2. The van der Waals surface area contributed by atoms with Crippen LogP contribution in [0.5, 0.6) is 0 Å². The molecule has 122 valence electrons. The molecule has 5 nitrogen and oxygen atoms in total. The van der Waals surface area contributed by atoms with Crippen LogP contribution in [0, 0.1) is 0 Å². The van der Waals surface area contributed by atoms with Crippen molar-refractivity contribution in [3.8, 4) is 11.3 Å². The lowest BCUT2D eigenvalue weighted by molar-refractivity contribution is 0.0693. The third-order valence-electron chi connectivity index (χ3n) is 3.75. The van der Waals surface area contributed by atoms with Gasteiger partial charge in [0.25, 0.3) is 0 Å². The first-order valence-electron chi connectivity index (χ1n) is 7.62. The highest BCUT2D eigenvalue weighted by Crippen LogP contribution is 2.31. The van der Waals surface area contributed by atoms with Crippen LogP contribution in [-0.2, 0) is 0 Å². The predicted octanol–water partition coefficient (Wildman–Crippen LogP) is 4.25. The fourth-order valence-electron chi connectivity index (χ4n) is 2.55. The maximum absolute atomic E-state index is 11.5. The van der Waals surface area contributed by atoms with Crippen molar-refractivity contribution >= 4 is 23.4 Å². The van der Waals surface area contributed by atoms with E-state index in [0.29, 0.717) is 10.1 Å². The molecule has 0 bridgehead atoms. The van der Waals surface area contributed by atoms with E-state index in [1.165, 1.54) is 11.8 Å². The van der Waals surface area contributed by atoms with E-state index in [1.54, 1.807) is 24.4 Å². The molecule has 0 radical (unpaired) electrons. The molecule has 0 saturated heterocycles. The zero-order chi connectivity index (χ0) is 17.2. The summed E-state index contributed by atoms with van der Waals surface area (Å²) in [4.78, 5) is 21.2. The van der Waals surface area contributed by atoms with E-state index in [9.17, 15) is 9.90 Å². The molecule has 25 heavy (non-hydrogen) atoms. The van der Waals surface area contributed by atoms with Crippen LogP contribution in [0.2, 0.25) is 0 Å². The lowest BCUT2D eigenvalue weighted by atomic mass is 10.1. The summed E-state index contributed by atoms with van der Waals surface area (Å²) >= 11 is 1.32. The number of carbonyl (C=O) groups is 1. The molecule has 0 aliphatic heterocycles. The van der Waals surface area contributed by atoms with Crippen LogP contribution in [-0.4, -0.2) is 25.4 Å². The second kappa shape index (κ2) is 6.41. The number of hydrogen-bond acceptors (Lipinski definition) is 4. The third-order valence-corrected chi connectivity index (χ3v) is 4.79. The quantitative estimate of drug-likeness (QED) is 0.559. The summed E-state index contributed by atoms with van der Waals surface area (Å²) in [7, 11) is 0. The monoisotopic (exact) mass is 347 g/mol. The van der Waals surface area contributed by atoms with Crippen LogP contribution >= 0.6 is 11.8 Å². The molecule has 4 aromatic rings. The molecule has 4 rings (SSSR count). The average Bonchev–Trinajstić information content (AvgIpc) is 3.11. The molecule has 1 N–H and O–H groups in total. The fraction of sp³-hybridized carbons (Fsp3) is 0. The van der Waals surface area contributed by atoms with E-state index in [4.69, 9.17) is 4.98 Å². The zero-order valence-electron chi connectivity index (χ0n) is 13.0. The van der Waals surface area contributed by atoms with Crippen molar-refractivity contribution in [2.45, 2.75) is 10.1 Å². The van der Waals surface area contributed by atoms with Crippen molar-refractivity contribution in [2.24, 2.45) is 0 Å². The van der Waals surface area contributed by atoms with Crippen molar-refractivity contribution in [1.29, 1.82) is 0 Å². The van der Waals surface area contributed by atoms with Crippen LogP contribution in [0.3, 0.4) is 0 Å². The molecule has 2 aromatic heterocycles. The molecule has 0 fully saturated rings. The van der Waals surface area contributed by atoms with Gasteiger partial charge in [-0.2, -0.15) is 0 Å². The summed E-state index contributed by atoms with van der Waals surface area (Å²) in [5, 5.41) is 10.1. The van der Waals surface area contributed by atoms with Gasteiger partial charge in [-0.1, -0.05) is 54.2 Å². The van der Waals surface area contributed by atoms with Crippen LogP contribution in [0.4, 0.5) is 0 Å². The second-order valence-electron chi connectivity index (χ2n) is 5.35. The molecule has 0 amide bonds. The minimum atomic E-state index is -0.954. The molecule has 0 saturated carbocycles. The van der Waals surface area contributed by atoms with E-state index < -0.39 is 5.97 Å². The largest absolute Gasteiger partial charge is 0.478 e. The Kier molecular flexibility index (Phi) is 3.95. The molecular weight excluding hydrogens is 334 g/mol. The number of carboxylic acid groups (broad SMARTS) is 1.